The van der Waals surface area contributed by atoms with Crippen LogP contribution in [0.15, 0.2) is 85.0 Å². The topological polar surface area (TPSA) is 61.8 Å². The number of rotatable bonds is 8. The van der Waals surface area contributed by atoms with Gasteiger partial charge in [0.2, 0.25) is 0 Å². The maximum absolute atomic E-state index is 11.0. The van der Waals surface area contributed by atoms with Crippen LogP contribution >= 0.6 is 0 Å². The first-order valence-electron chi connectivity index (χ1n) is 8.77. The average molecular weight is 382 g/mol. The van der Waals surface area contributed by atoms with Crippen LogP contribution in [0, 0.1) is 0 Å². The Labute approximate surface area is 166 Å². The lowest BCUT2D eigenvalue weighted by atomic mass is 10.2. The molecule has 0 fully saturated rings. The molecule has 5 heteroatoms. The summed E-state index contributed by atoms with van der Waals surface area (Å²) in [6.07, 6.45) is 0. The Bertz CT molecular complexity index is 766. The molecule has 0 unspecified atom stereocenters. The molecule has 0 spiro atoms. The predicted molar refractivity (Wildman–Crippen MR) is 109 cm³/mol. The predicted octanol–water partition coefficient (Wildman–Crippen LogP) is 4.49. The lowest BCUT2D eigenvalue weighted by molar-refractivity contribution is -0.140. The summed E-state index contributed by atoms with van der Waals surface area (Å²) in [7, 11) is 0. The van der Waals surface area contributed by atoms with Crippen molar-refractivity contribution in [1.29, 1.82) is 0 Å². The fraction of sp³-hybridized carbons (Fsp3) is 0.217. The molecule has 0 atom stereocenters. The van der Waals surface area contributed by atoms with Gasteiger partial charge in [-0.15, -0.1) is 0 Å². The first kappa shape index (κ1) is 22.7. The van der Waals surface area contributed by atoms with Crippen LogP contribution in [0.4, 0.5) is 0 Å². The van der Waals surface area contributed by atoms with E-state index in [2.05, 4.69) is 13.2 Å². The quantitative estimate of drug-likeness (QED) is 0.382. The standard InChI is InChI=1S/C12H14O3.C11H12O2/c1-10(2)12(13)15-9-8-14-11-6-4-3-5-7-11;1-9(2)11(12)13-8-10-6-4-3-5-7-10/h3-7H,1,8-9H2,2H3;3-7H,1,8H2,2H3. The second kappa shape index (κ2) is 12.9. The summed E-state index contributed by atoms with van der Waals surface area (Å²) < 4.78 is 15.1. The zero-order chi connectivity index (χ0) is 20.8. The first-order chi connectivity index (χ1) is 13.4. The second-order valence-corrected chi connectivity index (χ2v) is 5.92. The minimum atomic E-state index is -0.383. The summed E-state index contributed by atoms with van der Waals surface area (Å²) in [4.78, 5) is 22.0. The Morgan fingerprint density at radius 2 is 1.25 bits per heavy atom. The highest BCUT2D eigenvalue weighted by Gasteiger charge is 2.03. The van der Waals surface area contributed by atoms with E-state index in [0.29, 0.717) is 24.4 Å². The maximum Gasteiger partial charge on any atom is 0.333 e. The molecule has 2 aromatic rings. The van der Waals surface area contributed by atoms with Crippen LogP contribution in [0.25, 0.3) is 0 Å². The van der Waals surface area contributed by atoms with Crippen LogP contribution < -0.4 is 4.74 Å². The van der Waals surface area contributed by atoms with Crippen molar-refractivity contribution in [3.05, 3.63) is 90.5 Å². The average Bonchev–Trinajstić information content (AvgIpc) is 2.71. The Kier molecular flexibility index (Phi) is 10.5. The lowest BCUT2D eigenvalue weighted by Gasteiger charge is -2.06. The smallest absolute Gasteiger partial charge is 0.333 e. The molecule has 0 radical (unpaired) electrons. The van der Waals surface area contributed by atoms with Crippen molar-refractivity contribution in [1.82, 2.24) is 0 Å². The highest BCUT2D eigenvalue weighted by atomic mass is 16.6. The molecule has 2 rings (SSSR count). The lowest BCUT2D eigenvalue weighted by Crippen LogP contribution is -2.12. The van der Waals surface area contributed by atoms with Gasteiger partial charge in [0.05, 0.1) is 0 Å². The first-order valence-corrected chi connectivity index (χ1v) is 8.77. The minimum absolute atomic E-state index is 0.237. The third-order valence-corrected chi connectivity index (χ3v) is 3.24. The highest BCUT2D eigenvalue weighted by molar-refractivity contribution is 5.87. The molecule has 0 aliphatic rings. The Morgan fingerprint density at radius 3 is 1.79 bits per heavy atom. The van der Waals surface area contributed by atoms with E-state index in [1.807, 2.05) is 60.7 Å². The number of benzene rings is 2. The van der Waals surface area contributed by atoms with Crippen molar-refractivity contribution >= 4 is 11.9 Å². The molecule has 0 saturated heterocycles. The van der Waals surface area contributed by atoms with E-state index in [1.54, 1.807) is 13.8 Å². The van der Waals surface area contributed by atoms with Gasteiger partial charge in [-0.25, -0.2) is 9.59 Å². The van der Waals surface area contributed by atoms with Gasteiger partial charge >= 0.3 is 11.9 Å². The third-order valence-electron chi connectivity index (χ3n) is 3.24. The zero-order valence-corrected chi connectivity index (χ0v) is 16.4. The highest BCUT2D eigenvalue weighted by Crippen LogP contribution is 2.07. The van der Waals surface area contributed by atoms with E-state index >= 15 is 0 Å². The normalized spacial score (nSPS) is 9.36. The Hall–Kier alpha value is -3.34. The van der Waals surface area contributed by atoms with Crippen LogP contribution in [0.1, 0.15) is 19.4 Å². The van der Waals surface area contributed by atoms with E-state index in [9.17, 15) is 9.59 Å². The van der Waals surface area contributed by atoms with Crippen LogP contribution in [0.3, 0.4) is 0 Å². The number of esters is 2. The molecule has 0 aliphatic carbocycles. The molecule has 0 aliphatic heterocycles. The zero-order valence-electron chi connectivity index (χ0n) is 16.4. The summed E-state index contributed by atoms with van der Waals surface area (Å²) in [5.41, 5.74) is 1.81. The Morgan fingerprint density at radius 1 is 0.750 bits per heavy atom. The van der Waals surface area contributed by atoms with Gasteiger partial charge in [0, 0.05) is 11.1 Å². The van der Waals surface area contributed by atoms with E-state index in [-0.39, 0.29) is 18.5 Å². The monoisotopic (exact) mass is 382 g/mol. The number of para-hydroxylation sites is 1. The molecule has 0 amide bonds. The number of ether oxygens (including phenoxy) is 3. The summed E-state index contributed by atoms with van der Waals surface area (Å²) in [6, 6.07) is 18.9. The van der Waals surface area contributed by atoms with Gasteiger partial charge in [0.15, 0.2) is 0 Å². The second-order valence-electron chi connectivity index (χ2n) is 5.92. The van der Waals surface area contributed by atoms with Gasteiger partial charge in [-0.05, 0) is 31.5 Å². The van der Waals surface area contributed by atoms with Crippen LogP contribution in [0.2, 0.25) is 0 Å². The van der Waals surface area contributed by atoms with Gasteiger partial charge < -0.3 is 14.2 Å². The third kappa shape index (κ3) is 9.97. The molecule has 148 valence electrons. The van der Waals surface area contributed by atoms with E-state index in [4.69, 9.17) is 14.2 Å². The van der Waals surface area contributed by atoms with Gasteiger partial charge in [0.1, 0.15) is 25.6 Å². The minimum Gasteiger partial charge on any atom is -0.490 e. The molecular weight excluding hydrogens is 356 g/mol. The molecular formula is C23H26O5. The fourth-order valence-electron chi connectivity index (χ4n) is 1.78. The molecule has 0 aromatic heterocycles. The van der Waals surface area contributed by atoms with Crippen molar-refractivity contribution in [2.45, 2.75) is 20.5 Å². The van der Waals surface area contributed by atoms with Crippen LogP contribution in [-0.4, -0.2) is 25.2 Å². The van der Waals surface area contributed by atoms with Crippen molar-refractivity contribution in [3.63, 3.8) is 0 Å². The molecule has 28 heavy (non-hydrogen) atoms. The van der Waals surface area contributed by atoms with Crippen molar-refractivity contribution in [2.75, 3.05) is 13.2 Å². The molecule has 0 N–H and O–H groups in total. The van der Waals surface area contributed by atoms with E-state index in [1.165, 1.54) is 0 Å². The van der Waals surface area contributed by atoms with Crippen LogP contribution in [0.5, 0.6) is 5.75 Å². The van der Waals surface area contributed by atoms with Crippen molar-refractivity contribution in [2.24, 2.45) is 0 Å². The summed E-state index contributed by atoms with van der Waals surface area (Å²) >= 11 is 0. The van der Waals surface area contributed by atoms with Gasteiger partial charge in [-0.3, -0.25) is 0 Å². The van der Waals surface area contributed by atoms with E-state index in [0.717, 1.165) is 11.3 Å². The number of hydrogen-bond acceptors (Lipinski definition) is 5. The van der Waals surface area contributed by atoms with E-state index < -0.39 is 0 Å². The maximum atomic E-state index is 11.0. The van der Waals surface area contributed by atoms with Gasteiger partial charge in [-0.1, -0.05) is 61.7 Å². The summed E-state index contributed by atoms with van der Waals surface area (Å²) in [5, 5.41) is 0. The van der Waals surface area contributed by atoms with Gasteiger partial charge in [0.25, 0.3) is 0 Å². The van der Waals surface area contributed by atoms with Gasteiger partial charge in [-0.2, -0.15) is 0 Å². The molecule has 0 saturated carbocycles. The number of carbonyl (C=O) groups is 2. The molecule has 2 aromatic carbocycles. The molecule has 0 heterocycles. The number of carbonyl (C=O) groups excluding carboxylic acids is 2. The SMILES string of the molecule is C=C(C)C(=O)OCCOc1ccccc1.C=C(C)C(=O)OCc1ccccc1. The van der Waals surface area contributed by atoms with Crippen molar-refractivity contribution in [3.8, 4) is 5.75 Å². The number of hydrogen-bond donors (Lipinski definition) is 0. The molecule has 5 nitrogen and oxygen atoms in total. The summed E-state index contributed by atoms with van der Waals surface area (Å²) in [5.74, 6) is 0.0411. The van der Waals surface area contributed by atoms with Crippen LogP contribution in [-0.2, 0) is 25.7 Å². The Balaban J connectivity index is 0.000000283. The fourth-order valence-corrected chi connectivity index (χ4v) is 1.78. The summed E-state index contributed by atoms with van der Waals surface area (Å²) in [6.45, 7) is 11.1. The molecule has 0 bridgehead atoms. The largest absolute Gasteiger partial charge is 0.490 e. The van der Waals surface area contributed by atoms with Crippen molar-refractivity contribution < 1.29 is 23.8 Å².